The molecule has 0 fully saturated rings. The van der Waals surface area contributed by atoms with Gasteiger partial charge in [0.1, 0.15) is 5.82 Å². The smallest absolute Gasteiger partial charge is 0.113 e. The molecule has 1 aromatic carbocycles. The summed E-state index contributed by atoms with van der Waals surface area (Å²) in [4.78, 5) is 4.41. The van der Waals surface area contributed by atoms with Gasteiger partial charge in [-0.05, 0) is 49.6 Å². The number of hydrogen-bond donors (Lipinski definition) is 1. The van der Waals surface area contributed by atoms with Crippen molar-refractivity contribution >= 4 is 0 Å². The maximum Gasteiger partial charge on any atom is 0.113 e. The number of rotatable bonds is 5. The molecule has 18 heavy (non-hydrogen) atoms. The first-order chi connectivity index (χ1) is 8.76. The summed E-state index contributed by atoms with van der Waals surface area (Å²) in [6.07, 6.45) is 6.96. The normalized spacial score (nSPS) is 10.8. The van der Waals surface area contributed by atoms with Gasteiger partial charge in [-0.2, -0.15) is 0 Å². The van der Waals surface area contributed by atoms with E-state index in [1.807, 2.05) is 12.4 Å². The molecule has 0 aliphatic rings. The van der Waals surface area contributed by atoms with Crippen LogP contribution in [0, 0.1) is 6.92 Å². The van der Waals surface area contributed by atoms with Crippen LogP contribution in [0.4, 0.5) is 0 Å². The van der Waals surface area contributed by atoms with Gasteiger partial charge in [-0.1, -0.05) is 13.0 Å². The Bertz CT molecular complexity index is 514. The summed E-state index contributed by atoms with van der Waals surface area (Å²) >= 11 is 0. The highest BCUT2D eigenvalue weighted by molar-refractivity contribution is 5.41. The fourth-order valence-electron chi connectivity index (χ4n) is 2.24. The minimum atomic E-state index is 0.701. The van der Waals surface area contributed by atoms with E-state index in [1.54, 1.807) is 0 Å². The lowest BCUT2D eigenvalue weighted by Gasteiger charge is -2.11. The lowest BCUT2D eigenvalue weighted by atomic mass is 10.0. The summed E-state index contributed by atoms with van der Waals surface area (Å²) in [5.74, 6) is 1.13. The van der Waals surface area contributed by atoms with Crippen LogP contribution in [0.1, 0.15) is 30.3 Å². The fraction of sp³-hybridized carbons (Fsp3) is 0.400. The monoisotopic (exact) mass is 243 g/mol. The van der Waals surface area contributed by atoms with E-state index < -0.39 is 0 Å². The van der Waals surface area contributed by atoms with E-state index in [4.69, 9.17) is 5.73 Å². The summed E-state index contributed by atoms with van der Waals surface area (Å²) in [6, 6.07) is 6.54. The molecule has 2 N–H and O–H groups in total. The number of nitrogens with two attached hydrogens (primary N) is 1. The van der Waals surface area contributed by atoms with Crippen LogP contribution in [0.3, 0.4) is 0 Å². The van der Waals surface area contributed by atoms with E-state index in [2.05, 4.69) is 41.6 Å². The van der Waals surface area contributed by atoms with Gasteiger partial charge < -0.3 is 10.3 Å². The molecule has 2 aromatic rings. The molecule has 1 heterocycles. The van der Waals surface area contributed by atoms with Crippen molar-refractivity contribution in [3.8, 4) is 5.69 Å². The predicted octanol–water partition coefficient (Wildman–Crippen LogP) is 2.63. The molecule has 0 aliphatic heterocycles. The van der Waals surface area contributed by atoms with Crippen molar-refractivity contribution in [3.05, 3.63) is 47.5 Å². The lowest BCUT2D eigenvalue weighted by Crippen LogP contribution is -2.05. The van der Waals surface area contributed by atoms with Gasteiger partial charge in [0.2, 0.25) is 0 Å². The molecular formula is C15H21N3. The van der Waals surface area contributed by atoms with Gasteiger partial charge >= 0.3 is 0 Å². The zero-order valence-corrected chi connectivity index (χ0v) is 11.2. The molecule has 3 nitrogen and oxygen atoms in total. The second kappa shape index (κ2) is 5.83. The Balaban J connectivity index is 2.33. The van der Waals surface area contributed by atoms with Gasteiger partial charge in [0, 0.05) is 24.5 Å². The third kappa shape index (κ3) is 2.62. The molecule has 0 aliphatic carbocycles. The SMILES string of the molecule is CCCc1nccn1-c1ccc(CCN)c(C)c1. The number of imidazole rings is 1. The first kappa shape index (κ1) is 12.8. The van der Waals surface area contributed by atoms with Crippen LogP contribution in [0.15, 0.2) is 30.6 Å². The van der Waals surface area contributed by atoms with Crippen molar-refractivity contribution in [1.29, 1.82) is 0 Å². The van der Waals surface area contributed by atoms with Crippen LogP contribution in [0.5, 0.6) is 0 Å². The maximum atomic E-state index is 5.61. The largest absolute Gasteiger partial charge is 0.330 e. The van der Waals surface area contributed by atoms with E-state index in [0.717, 1.165) is 25.1 Å². The number of hydrogen-bond acceptors (Lipinski definition) is 2. The van der Waals surface area contributed by atoms with Crippen LogP contribution in [0.25, 0.3) is 5.69 Å². The van der Waals surface area contributed by atoms with Crippen LogP contribution in [0.2, 0.25) is 0 Å². The molecule has 0 saturated carbocycles. The molecule has 0 atom stereocenters. The summed E-state index contributed by atoms with van der Waals surface area (Å²) in [7, 11) is 0. The fourth-order valence-corrected chi connectivity index (χ4v) is 2.24. The Hall–Kier alpha value is -1.61. The average Bonchev–Trinajstić information content (AvgIpc) is 2.81. The van der Waals surface area contributed by atoms with Crippen LogP contribution >= 0.6 is 0 Å². The zero-order valence-electron chi connectivity index (χ0n) is 11.2. The Labute approximate surface area is 109 Å². The molecule has 0 spiro atoms. The van der Waals surface area contributed by atoms with Gasteiger partial charge in [0.25, 0.3) is 0 Å². The third-order valence-electron chi connectivity index (χ3n) is 3.21. The van der Waals surface area contributed by atoms with Crippen molar-refractivity contribution < 1.29 is 0 Å². The van der Waals surface area contributed by atoms with Gasteiger partial charge in [-0.25, -0.2) is 4.98 Å². The van der Waals surface area contributed by atoms with Gasteiger partial charge in [0.15, 0.2) is 0 Å². The first-order valence-corrected chi connectivity index (χ1v) is 6.58. The van der Waals surface area contributed by atoms with E-state index in [9.17, 15) is 0 Å². The molecule has 3 heteroatoms. The molecule has 0 unspecified atom stereocenters. The van der Waals surface area contributed by atoms with Crippen LogP contribution < -0.4 is 5.73 Å². The number of aryl methyl sites for hydroxylation is 2. The van der Waals surface area contributed by atoms with Crippen molar-refractivity contribution in [1.82, 2.24) is 9.55 Å². The number of nitrogens with zero attached hydrogens (tertiary/aromatic N) is 2. The van der Waals surface area contributed by atoms with Gasteiger partial charge in [-0.3, -0.25) is 0 Å². The summed E-state index contributed by atoms with van der Waals surface area (Å²) < 4.78 is 2.17. The summed E-state index contributed by atoms with van der Waals surface area (Å²) in [5, 5.41) is 0. The molecular weight excluding hydrogens is 222 g/mol. The first-order valence-electron chi connectivity index (χ1n) is 6.58. The average molecular weight is 243 g/mol. The Kier molecular flexibility index (Phi) is 4.15. The molecule has 0 saturated heterocycles. The number of aromatic nitrogens is 2. The van der Waals surface area contributed by atoms with E-state index >= 15 is 0 Å². The van der Waals surface area contributed by atoms with Crippen molar-refractivity contribution in [2.45, 2.75) is 33.1 Å². The van der Waals surface area contributed by atoms with E-state index in [0.29, 0.717) is 6.54 Å². The number of benzene rings is 1. The third-order valence-corrected chi connectivity index (χ3v) is 3.21. The minimum absolute atomic E-state index is 0.701. The Morgan fingerprint density at radius 3 is 2.78 bits per heavy atom. The molecule has 0 amide bonds. The highest BCUT2D eigenvalue weighted by atomic mass is 15.1. The summed E-state index contributed by atoms with van der Waals surface area (Å²) in [6.45, 7) is 5.02. The second-order valence-electron chi connectivity index (χ2n) is 4.61. The van der Waals surface area contributed by atoms with Crippen LogP contribution in [-0.2, 0) is 12.8 Å². The highest BCUT2D eigenvalue weighted by Crippen LogP contribution is 2.17. The highest BCUT2D eigenvalue weighted by Gasteiger charge is 2.05. The Morgan fingerprint density at radius 1 is 1.28 bits per heavy atom. The van der Waals surface area contributed by atoms with Crippen molar-refractivity contribution in [2.24, 2.45) is 5.73 Å². The topological polar surface area (TPSA) is 43.8 Å². The standard InChI is InChI=1S/C15H21N3/c1-3-4-15-17-9-10-18(15)14-6-5-13(7-8-16)12(2)11-14/h5-6,9-11H,3-4,7-8,16H2,1-2H3. The van der Waals surface area contributed by atoms with Crippen molar-refractivity contribution in [3.63, 3.8) is 0 Å². The van der Waals surface area contributed by atoms with E-state index in [1.165, 1.54) is 16.8 Å². The Morgan fingerprint density at radius 2 is 2.11 bits per heavy atom. The molecule has 1 aromatic heterocycles. The molecule has 0 radical (unpaired) electrons. The maximum absolute atomic E-state index is 5.61. The summed E-state index contributed by atoms with van der Waals surface area (Å²) in [5.41, 5.74) is 9.43. The minimum Gasteiger partial charge on any atom is -0.330 e. The quantitative estimate of drug-likeness (QED) is 0.877. The molecule has 2 rings (SSSR count). The van der Waals surface area contributed by atoms with Gasteiger partial charge in [0.05, 0.1) is 0 Å². The van der Waals surface area contributed by atoms with E-state index in [-0.39, 0.29) is 0 Å². The van der Waals surface area contributed by atoms with Crippen LogP contribution in [-0.4, -0.2) is 16.1 Å². The second-order valence-corrected chi connectivity index (χ2v) is 4.61. The van der Waals surface area contributed by atoms with Crippen molar-refractivity contribution in [2.75, 3.05) is 6.54 Å². The predicted molar refractivity (Wildman–Crippen MR) is 75.1 cm³/mol. The lowest BCUT2D eigenvalue weighted by molar-refractivity contribution is 0.808. The molecule has 96 valence electrons. The van der Waals surface area contributed by atoms with Gasteiger partial charge in [-0.15, -0.1) is 0 Å². The zero-order chi connectivity index (χ0) is 13.0. The molecule has 0 bridgehead atoms.